The van der Waals surface area contributed by atoms with Gasteiger partial charge in [0, 0.05) is 0 Å². The lowest BCUT2D eigenvalue weighted by atomic mass is 10.1. The van der Waals surface area contributed by atoms with E-state index < -0.39 is 5.97 Å². The van der Waals surface area contributed by atoms with E-state index in [2.05, 4.69) is 31.2 Å². The molecule has 1 fully saturated rings. The molecule has 14 heavy (non-hydrogen) atoms. The molecule has 2 heteroatoms. The average molecular weight is 190 g/mol. The van der Waals surface area contributed by atoms with E-state index in [-0.39, 0.29) is 11.8 Å². The van der Waals surface area contributed by atoms with Crippen molar-refractivity contribution in [1.29, 1.82) is 0 Å². The molecular weight excluding hydrogens is 176 g/mol. The quantitative estimate of drug-likeness (QED) is 0.794. The first-order valence-electron chi connectivity index (χ1n) is 5.04. The molecule has 1 aromatic rings. The number of carboxylic acid groups (broad SMARTS) is 1. The minimum Gasteiger partial charge on any atom is -0.481 e. The molecule has 2 atom stereocenters. The van der Waals surface area contributed by atoms with Crippen molar-refractivity contribution in [1.82, 2.24) is 0 Å². The van der Waals surface area contributed by atoms with Crippen LogP contribution in [0.2, 0.25) is 0 Å². The van der Waals surface area contributed by atoms with Gasteiger partial charge in [0.05, 0.1) is 5.92 Å². The van der Waals surface area contributed by atoms with E-state index in [9.17, 15) is 4.79 Å². The van der Waals surface area contributed by atoms with Crippen molar-refractivity contribution in [3.05, 3.63) is 35.4 Å². The molecule has 1 N–H and O–H groups in total. The smallest absolute Gasteiger partial charge is 0.307 e. The molecule has 0 spiro atoms. The molecular formula is C12H14O2. The number of hydrogen-bond donors (Lipinski definition) is 1. The first kappa shape index (κ1) is 9.25. The standard InChI is InChI=1S/C12H14O2/c1-2-8-3-5-9(6-4-8)10-7-11(10)12(13)14/h3-6,10-11H,2,7H2,1H3,(H,13,14)/t10-,11+/m0/s1. The highest BCUT2D eigenvalue weighted by Crippen LogP contribution is 2.47. The number of benzene rings is 1. The van der Waals surface area contributed by atoms with Crippen LogP contribution in [-0.4, -0.2) is 11.1 Å². The lowest BCUT2D eigenvalue weighted by molar-refractivity contribution is -0.138. The fourth-order valence-corrected chi connectivity index (χ4v) is 1.84. The predicted molar refractivity (Wildman–Crippen MR) is 54.3 cm³/mol. The molecule has 0 radical (unpaired) electrons. The van der Waals surface area contributed by atoms with Crippen LogP contribution in [0.5, 0.6) is 0 Å². The summed E-state index contributed by atoms with van der Waals surface area (Å²) in [7, 11) is 0. The Balaban J connectivity index is 2.08. The van der Waals surface area contributed by atoms with Crippen LogP contribution in [0.25, 0.3) is 0 Å². The highest BCUT2D eigenvalue weighted by atomic mass is 16.4. The van der Waals surface area contributed by atoms with Crippen LogP contribution in [0.4, 0.5) is 0 Å². The summed E-state index contributed by atoms with van der Waals surface area (Å²) in [5, 5.41) is 8.79. The SMILES string of the molecule is CCc1ccc([C@@H]2C[C@H]2C(=O)O)cc1. The van der Waals surface area contributed by atoms with E-state index in [0.717, 1.165) is 12.8 Å². The summed E-state index contributed by atoms with van der Waals surface area (Å²) in [5.74, 6) is -0.532. The highest BCUT2D eigenvalue weighted by molar-refractivity contribution is 5.75. The maximum atomic E-state index is 10.7. The van der Waals surface area contributed by atoms with Gasteiger partial charge in [-0.05, 0) is 29.9 Å². The second-order valence-corrected chi connectivity index (χ2v) is 3.88. The Morgan fingerprint density at radius 2 is 2.07 bits per heavy atom. The second kappa shape index (κ2) is 3.45. The Bertz CT molecular complexity index is 340. The van der Waals surface area contributed by atoms with E-state index in [1.807, 2.05) is 0 Å². The molecule has 2 rings (SSSR count). The van der Waals surface area contributed by atoms with Gasteiger partial charge in [-0.2, -0.15) is 0 Å². The third-order valence-corrected chi connectivity index (χ3v) is 2.92. The van der Waals surface area contributed by atoms with Crippen LogP contribution in [0.15, 0.2) is 24.3 Å². The van der Waals surface area contributed by atoms with Crippen molar-refractivity contribution in [3.63, 3.8) is 0 Å². The fourth-order valence-electron chi connectivity index (χ4n) is 1.84. The fraction of sp³-hybridized carbons (Fsp3) is 0.417. The maximum Gasteiger partial charge on any atom is 0.307 e. The molecule has 0 aliphatic heterocycles. The van der Waals surface area contributed by atoms with Crippen molar-refractivity contribution >= 4 is 5.97 Å². The number of aliphatic carboxylic acids is 1. The summed E-state index contributed by atoms with van der Waals surface area (Å²) >= 11 is 0. The first-order valence-corrected chi connectivity index (χ1v) is 5.04. The number of rotatable bonds is 3. The Morgan fingerprint density at radius 1 is 1.43 bits per heavy atom. The van der Waals surface area contributed by atoms with Gasteiger partial charge in [-0.1, -0.05) is 31.2 Å². The molecule has 1 aromatic carbocycles. The first-order chi connectivity index (χ1) is 6.72. The number of aryl methyl sites for hydroxylation is 1. The van der Waals surface area contributed by atoms with E-state index >= 15 is 0 Å². The zero-order chi connectivity index (χ0) is 10.1. The zero-order valence-electron chi connectivity index (χ0n) is 8.23. The average Bonchev–Trinajstić information content (AvgIpc) is 2.97. The van der Waals surface area contributed by atoms with Gasteiger partial charge >= 0.3 is 5.97 Å². The van der Waals surface area contributed by atoms with E-state index in [0.29, 0.717) is 0 Å². The van der Waals surface area contributed by atoms with E-state index in [4.69, 9.17) is 5.11 Å². The van der Waals surface area contributed by atoms with Gasteiger partial charge in [0.1, 0.15) is 0 Å². The Hall–Kier alpha value is -1.31. The van der Waals surface area contributed by atoms with E-state index in [1.165, 1.54) is 11.1 Å². The summed E-state index contributed by atoms with van der Waals surface area (Å²) in [6, 6.07) is 8.30. The third kappa shape index (κ3) is 1.65. The highest BCUT2D eigenvalue weighted by Gasteiger charge is 2.43. The maximum absolute atomic E-state index is 10.7. The van der Waals surface area contributed by atoms with Crippen LogP contribution >= 0.6 is 0 Å². The molecule has 0 heterocycles. The van der Waals surface area contributed by atoms with Gasteiger partial charge in [0.2, 0.25) is 0 Å². The van der Waals surface area contributed by atoms with Gasteiger partial charge in [-0.15, -0.1) is 0 Å². The summed E-state index contributed by atoms with van der Waals surface area (Å²) < 4.78 is 0. The lowest BCUT2D eigenvalue weighted by Crippen LogP contribution is -1.98. The molecule has 0 saturated heterocycles. The topological polar surface area (TPSA) is 37.3 Å². The predicted octanol–water partition coefficient (Wildman–Crippen LogP) is 2.44. The van der Waals surface area contributed by atoms with Crippen molar-refractivity contribution in [2.45, 2.75) is 25.7 Å². The minimum atomic E-state index is -0.658. The van der Waals surface area contributed by atoms with Crippen molar-refractivity contribution in [2.75, 3.05) is 0 Å². The Labute approximate surface area is 83.6 Å². The van der Waals surface area contributed by atoms with Gasteiger partial charge in [0.25, 0.3) is 0 Å². The van der Waals surface area contributed by atoms with Gasteiger partial charge in [0.15, 0.2) is 0 Å². The molecule has 0 aromatic heterocycles. The second-order valence-electron chi connectivity index (χ2n) is 3.88. The number of carboxylic acids is 1. The molecule has 1 saturated carbocycles. The Morgan fingerprint density at radius 3 is 2.50 bits per heavy atom. The largest absolute Gasteiger partial charge is 0.481 e. The third-order valence-electron chi connectivity index (χ3n) is 2.92. The Kier molecular flexibility index (Phi) is 2.28. The normalized spacial score (nSPS) is 24.6. The zero-order valence-corrected chi connectivity index (χ0v) is 8.23. The van der Waals surface area contributed by atoms with E-state index in [1.54, 1.807) is 0 Å². The molecule has 1 aliphatic rings. The molecule has 74 valence electrons. The van der Waals surface area contributed by atoms with Crippen LogP contribution in [0.3, 0.4) is 0 Å². The van der Waals surface area contributed by atoms with Crippen molar-refractivity contribution < 1.29 is 9.90 Å². The van der Waals surface area contributed by atoms with Crippen molar-refractivity contribution in [3.8, 4) is 0 Å². The molecule has 1 aliphatic carbocycles. The lowest BCUT2D eigenvalue weighted by Gasteiger charge is -2.00. The van der Waals surface area contributed by atoms with Crippen molar-refractivity contribution in [2.24, 2.45) is 5.92 Å². The summed E-state index contributed by atoms with van der Waals surface area (Å²) in [5.41, 5.74) is 2.48. The molecule has 0 bridgehead atoms. The van der Waals surface area contributed by atoms with Crippen LogP contribution in [0, 0.1) is 5.92 Å². The van der Waals surface area contributed by atoms with Crippen LogP contribution in [0.1, 0.15) is 30.4 Å². The van der Waals surface area contributed by atoms with Gasteiger partial charge in [-0.25, -0.2) is 0 Å². The summed E-state index contributed by atoms with van der Waals surface area (Å²) in [6.45, 7) is 2.12. The minimum absolute atomic E-state index is 0.137. The molecule has 0 unspecified atom stereocenters. The number of carbonyl (C=O) groups is 1. The summed E-state index contributed by atoms with van der Waals surface area (Å²) in [4.78, 5) is 10.7. The number of hydrogen-bond acceptors (Lipinski definition) is 1. The van der Waals surface area contributed by atoms with Gasteiger partial charge < -0.3 is 5.11 Å². The summed E-state index contributed by atoms with van der Waals surface area (Å²) in [6.07, 6.45) is 1.84. The van der Waals surface area contributed by atoms with Crippen LogP contribution in [-0.2, 0) is 11.2 Å². The van der Waals surface area contributed by atoms with Gasteiger partial charge in [-0.3, -0.25) is 4.79 Å². The molecule has 0 amide bonds. The molecule has 2 nitrogen and oxygen atoms in total. The van der Waals surface area contributed by atoms with Crippen LogP contribution < -0.4 is 0 Å². The monoisotopic (exact) mass is 190 g/mol.